The lowest BCUT2D eigenvalue weighted by atomic mass is 9.43. The molecule has 4 bridgehead atoms. The topological polar surface area (TPSA) is 64.6 Å². The summed E-state index contributed by atoms with van der Waals surface area (Å²) < 4.78 is 10.4. The third-order valence-corrected chi connectivity index (χ3v) is 8.39. The number of hydrogen-bond donors (Lipinski definition) is 1. The summed E-state index contributed by atoms with van der Waals surface area (Å²) in [4.78, 5) is 24.4. The second kappa shape index (κ2) is 11.9. The van der Waals surface area contributed by atoms with Crippen LogP contribution in [0, 0.1) is 16.7 Å². The first-order chi connectivity index (χ1) is 15.8. The summed E-state index contributed by atoms with van der Waals surface area (Å²) in [6, 6.07) is 0. The minimum atomic E-state index is -0.438. The lowest BCUT2D eigenvalue weighted by Crippen LogP contribution is -2.65. The highest BCUT2D eigenvalue weighted by molar-refractivity contribution is 5.70. The van der Waals surface area contributed by atoms with Crippen LogP contribution < -0.4 is 5.32 Å². The molecular weight excluding hydrogens is 414 g/mol. The smallest absolute Gasteiger partial charge is 0.410 e. The highest BCUT2D eigenvalue weighted by Gasteiger charge is 2.60. The molecule has 4 rings (SSSR count). The number of ether oxygens (including phenoxy) is 2. The first kappa shape index (κ1) is 26.3. The standard InChI is InChI=1S/C28H49NO4/c1-4-5-6-7-8-9-10-11-12-13-14-15-24(30)32-22-33-25(31)29-28-18-23-16-26(2,20-28)19-27(3,17-23)21-28/h23H,4-22H2,1-3H3,(H,29,31). The van der Waals surface area contributed by atoms with Gasteiger partial charge in [-0.25, -0.2) is 4.79 Å². The van der Waals surface area contributed by atoms with Crippen molar-refractivity contribution in [3.8, 4) is 0 Å². The first-order valence-electron chi connectivity index (χ1n) is 13.9. The molecule has 0 aromatic rings. The molecule has 4 aliphatic carbocycles. The highest BCUT2D eigenvalue weighted by atomic mass is 16.7. The van der Waals surface area contributed by atoms with Gasteiger partial charge in [-0.2, -0.15) is 0 Å². The Kier molecular flexibility index (Phi) is 9.52. The predicted octanol–water partition coefficient (Wildman–Crippen LogP) is 7.66. The molecule has 0 saturated heterocycles. The quantitative estimate of drug-likeness (QED) is 0.154. The van der Waals surface area contributed by atoms with E-state index in [-0.39, 0.29) is 18.3 Å². The van der Waals surface area contributed by atoms with E-state index < -0.39 is 6.09 Å². The van der Waals surface area contributed by atoms with Gasteiger partial charge in [-0.15, -0.1) is 0 Å². The van der Waals surface area contributed by atoms with Crippen LogP contribution in [0.25, 0.3) is 0 Å². The van der Waals surface area contributed by atoms with Gasteiger partial charge >= 0.3 is 12.1 Å². The summed E-state index contributed by atoms with van der Waals surface area (Å²) in [6.45, 7) is 6.74. The van der Waals surface area contributed by atoms with Crippen molar-refractivity contribution in [2.75, 3.05) is 6.79 Å². The summed E-state index contributed by atoms with van der Waals surface area (Å²) in [6.07, 6.45) is 20.7. The van der Waals surface area contributed by atoms with E-state index in [0.717, 1.165) is 32.1 Å². The average Bonchev–Trinajstić information content (AvgIpc) is 2.69. The Hall–Kier alpha value is -1.26. The van der Waals surface area contributed by atoms with Gasteiger partial charge in [0.15, 0.2) is 0 Å². The molecule has 1 amide bonds. The minimum Gasteiger partial charge on any atom is -0.428 e. The second-order valence-corrected chi connectivity index (χ2v) is 12.4. The zero-order valence-corrected chi connectivity index (χ0v) is 21.6. The van der Waals surface area contributed by atoms with Crippen LogP contribution in [0.5, 0.6) is 0 Å². The molecule has 2 unspecified atom stereocenters. The number of amides is 1. The van der Waals surface area contributed by atoms with E-state index in [1.165, 1.54) is 77.0 Å². The van der Waals surface area contributed by atoms with Crippen LogP contribution in [-0.2, 0) is 14.3 Å². The Labute approximate surface area is 202 Å². The van der Waals surface area contributed by atoms with Gasteiger partial charge in [-0.05, 0) is 61.7 Å². The second-order valence-electron chi connectivity index (χ2n) is 12.4. The van der Waals surface area contributed by atoms with E-state index in [1.54, 1.807) is 0 Å². The lowest BCUT2D eigenvalue weighted by Gasteiger charge is -2.65. The van der Waals surface area contributed by atoms with Crippen molar-refractivity contribution in [3.05, 3.63) is 0 Å². The first-order valence-corrected chi connectivity index (χ1v) is 13.9. The summed E-state index contributed by atoms with van der Waals surface area (Å²) in [5.74, 6) is 0.439. The normalized spacial score (nSPS) is 32.0. The molecule has 4 fully saturated rings. The molecule has 0 radical (unpaired) electrons. The molecule has 33 heavy (non-hydrogen) atoms. The molecular formula is C28H49NO4. The molecule has 0 spiro atoms. The van der Waals surface area contributed by atoms with E-state index in [1.807, 2.05) is 0 Å². The molecule has 190 valence electrons. The molecule has 5 heteroatoms. The van der Waals surface area contributed by atoms with Gasteiger partial charge in [0.05, 0.1) is 0 Å². The van der Waals surface area contributed by atoms with Gasteiger partial charge < -0.3 is 14.8 Å². The van der Waals surface area contributed by atoms with E-state index in [9.17, 15) is 9.59 Å². The van der Waals surface area contributed by atoms with Crippen molar-refractivity contribution in [2.24, 2.45) is 16.7 Å². The number of hydrogen-bond acceptors (Lipinski definition) is 4. The number of alkyl carbamates (subject to hydrolysis) is 1. The number of rotatable bonds is 15. The van der Waals surface area contributed by atoms with Crippen molar-refractivity contribution in [3.63, 3.8) is 0 Å². The highest BCUT2D eigenvalue weighted by Crippen LogP contribution is 2.66. The summed E-state index contributed by atoms with van der Waals surface area (Å²) in [7, 11) is 0. The Morgan fingerprint density at radius 1 is 0.758 bits per heavy atom. The molecule has 0 heterocycles. The Balaban J connectivity index is 1.20. The van der Waals surface area contributed by atoms with Gasteiger partial charge in [-0.1, -0.05) is 85.0 Å². The van der Waals surface area contributed by atoms with E-state index >= 15 is 0 Å². The monoisotopic (exact) mass is 463 g/mol. The van der Waals surface area contributed by atoms with Gasteiger partial charge in [-0.3, -0.25) is 4.79 Å². The zero-order valence-electron chi connectivity index (χ0n) is 21.6. The van der Waals surface area contributed by atoms with E-state index in [4.69, 9.17) is 9.47 Å². The van der Waals surface area contributed by atoms with Crippen molar-refractivity contribution in [2.45, 2.75) is 142 Å². The SMILES string of the molecule is CCCCCCCCCCCCCC(=O)OCOC(=O)NC12CC3CC(C)(CC(C)(C3)C1)C2. The molecule has 1 N–H and O–H groups in total. The van der Waals surface area contributed by atoms with Gasteiger partial charge in [0.1, 0.15) is 0 Å². The van der Waals surface area contributed by atoms with Crippen LogP contribution in [0.2, 0.25) is 0 Å². The largest absolute Gasteiger partial charge is 0.428 e. The van der Waals surface area contributed by atoms with E-state index in [0.29, 0.717) is 23.2 Å². The van der Waals surface area contributed by atoms with Crippen LogP contribution in [0.1, 0.15) is 136 Å². The Morgan fingerprint density at radius 2 is 1.30 bits per heavy atom. The Bertz CT molecular complexity index is 630. The average molecular weight is 464 g/mol. The maximum Gasteiger partial charge on any atom is 0.410 e. The number of unbranched alkanes of at least 4 members (excludes halogenated alkanes) is 10. The number of nitrogens with one attached hydrogen (secondary N) is 1. The number of esters is 1. The molecule has 0 aliphatic heterocycles. The third-order valence-electron chi connectivity index (χ3n) is 8.39. The molecule has 2 atom stereocenters. The predicted molar refractivity (Wildman–Crippen MR) is 132 cm³/mol. The van der Waals surface area contributed by atoms with Crippen molar-refractivity contribution in [1.82, 2.24) is 5.32 Å². The van der Waals surface area contributed by atoms with Crippen LogP contribution in [0.15, 0.2) is 0 Å². The molecule has 0 aromatic heterocycles. The maximum atomic E-state index is 12.5. The lowest BCUT2D eigenvalue weighted by molar-refractivity contribution is -0.152. The van der Waals surface area contributed by atoms with Crippen LogP contribution in [0.4, 0.5) is 4.79 Å². The molecule has 4 saturated carbocycles. The number of carbonyl (C=O) groups excluding carboxylic acids is 2. The maximum absolute atomic E-state index is 12.5. The third kappa shape index (κ3) is 8.17. The molecule has 4 aliphatic rings. The van der Waals surface area contributed by atoms with Crippen LogP contribution in [0.3, 0.4) is 0 Å². The van der Waals surface area contributed by atoms with Crippen molar-refractivity contribution >= 4 is 12.1 Å². The fourth-order valence-corrected chi connectivity index (χ4v) is 7.99. The fraction of sp³-hybridized carbons (Fsp3) is 0.929. The van der Waals surface area contributed by atoms with Crippen LogP contribution >= 0.6 is 0 Å². The zero-order chi connectivity index (χ0) is 23.8. The summed E-state index contributed by atoms with van der Waals surface area (Å²) >= 11 is 0. The van der Waals surface area contributed by atoms with Crippen molar-refractivity contribution in [1.29, 1.82) is 0 Å². The van der Waals surface area contributed by atoms with Gasteiger partial charge in [0, 0.05) is 12.0 Å². The van der Waals surface area contributed by atoms with Crippen molar-refractivity contribution < 1.29 is 19.1 Å². The van der Waals surface area contributed by atoms with E-state index in [2.05, 4.69) is 26.1 Å². The van der Waals surface area contributed by atoms with Gasteiger partial charge in [0.25, 0.3) is 0 Å². The fourth-order valence-electron chi connectivity index (χ4n) is 7.99. The van der Waals surface area contributed by atoms with Gasteiger partial charge in [0.2, 0.25) is 6.79 Å². The number of carbonyl (C=O) groups is 2. The summed E-state index contributed by atoms with van der Waals surface area (Å²) in [5.41, 5.74) is 0.532. The Morgan fingerprint density at radius 3 is 1.85 bits per heavy atom. The van der Waals surface area contributed by atoms with Crippen LogP contribution in [-0.4, -0.2) is 24.4 Å². The minimum absolute atomic E-state index is 0.139. The summed E-state index contributed by atoms with van der Waals surface area (Å²) in [5, 5.41) is 3.19. The molecule has 0 aromatic carbocycles. The molecule has 5 nitrogen and oxygen atoms in total.